The minimum atomic E-state index is 0.241. The summed E-state index contributed by atoms with van der Waals surface area (Å²) < 4.78 is 16.3. The first-order valence-corrected chi connectivity index (χ1v) is 8.97. The van der Waals surface area contributed by atoms with Gasteiger partial charge in [0, 0.05) is 38.6 Å². The smallest absolute Gasteiger partial charge is 0.223 e. The minimum absolute atomic E-state index is 0.241. The van der Waals surface area contributed by atoms with Gasteiger partial charge in [0.05, 0.1) is 21.3 Å². The van der Waals surface area contributed by atoms with E-state index in [1.165, 1.54) is 0 Å². The molecule has 1 aromatic carbocycles. The fourth-order valence-electron chi connectivity index (χ4n) is 3.96. The van der Waals surface area contributed by atoms with Gasteiger partial charge in [-0.3, -0.25) is 4.79 Å². The lowest BCUT2D eigenvalue weighted by molar-refractivity contribution is -0.133. The number of ether oxygens (including phenoxy) is 3. The molecule has 0 N–H and O–H groups in total. The highest BCUT2D eigenvalue weighted by Crippen LogP contribution is 2.40. The van der Waals surface area contributed by atoms with Crippen LogP contribution in [0.15, 0.2) is 12.1 Å². The number of nitrogens with zero attached hydrogens (tertiary/aromatic N) is 2. The molecule has 3 saturated heterocycles. The molecule has 3 heterocycles. The summed E-state index contributed by atoms with van der Waals surface area (Å²) in [6, 6.07) is 4.23. The highest BCUT2D eigenvalue weighted by atomic mass is 16.5. The van der Waals surface area contributed by atoms with Gasteiger partial charge in [-0.15, -0.1) is 0 Å². The Balaban J connectivity index is 1.69. The molecule has 6 heteroatoms. The number of benzene rings is 1. The molecule has 0 spiro atoms. The third-order valence-corrected chi connectivity index (χ3v) is 5.37. The van der Waals surface area contributed by atoms with Crippen molar-refractivity contribution in [3.05, 3.63) is 17.7 Å². The van der Waals surface area contributed by atoms with Crippen LogP contribution in [0, 0.1) is 0 Å². The molecule has 0 aromatic heterocycles. The zero-order valence-electron chi connectivity index (χ0n) is 15.4. The van der Waals surface area contributed by atoms with Crippen molar-refractivity contribution in [1.82, 2.24) is 9.80 Å². The van der Waals surface area contributed by atoms with Crippen LogP contribution < -0.4 is 14.2 Å². The van der Waals surface area contributed by atoms with Crippen molar-refractivity contribution in [2.45, 2.75) is 31.7 Å². The average molecular weight is 348 g/mol. The predicted octanol–water partition coefficient (Wildman–Crippen LogP) is 1.95. The van der Waals surface area contributed by atoms with Gasteiger partial charge in [0.1, 0.15) is 0 Å². The number of hydrogen-bond donors (Lipinski definition) is 0. The molecule has 1 aromatic rings. The molecule has 0 saturated carbocycles. The number of piperidine rings is 1. The monoisotopic (exact) mass is 348 g/mol. The number of fused-ring (bicyclic) bond motifs is 4. The van der Waals surface area contributed by atoms with Crippen LogP contribution in [0.4, 0.5) is 0 Å². The molecule has 25 heavy (non-hydrogen) atoms. The van der Waals surface area contributed by atoms with E-state index in [-0.39, 0.29) is 5.91 Å². The van der Waals surface area contributed by atoms with E-state index in [0.717, 1.165) is 44.6 Å². The summed E-state index contributed by atoms with van der Waals surface area (Å²) in [5, 5.41) is 0. The van der Waals surface area contributed by atoms with Crippen molar-refractivity contribution in [1.29, 1.82) is 0 Å². The van der Waals surface area contributed by atoms with E-state index in [9.17, 15) is 4.79 Å². The molecule has 1 amide bonds. The number of hydrogen-bond acceptors (Lipinski definition) is 5. The lowest BCUT2D eigenvalue weighted by atomic mass is 10.0. The Hall–Kier alpha value is -1.95. The minimum Gasteiger partial charge on any atom is -0.493 e. The Morgan fingerprint density at radius 2 is 1.72 bits per heavy atom. The van der Waals surface area contributed by atoms with Crippen LogP contribution in [0.3, 0.4) is 0 Å². The van der Waals surface area contributed by atoms with Gasteiger partial charge < -0.3 is 24.0 Å². The Kier molecular flexibility index (Phi) is 5.68. The second-order valence-corrected chi connectivity index (χ2v) is 6.65. The van der Waals surface area contributed by atoms with E-state index in [0.29, 0.717) is 36.1 Å². The topological polar surface area (TPSA) is 51.2 Å². The number of methoxy groups -OCH3 is 3. The highest BCUT2D eigenvalue weighted by Gasteiger charge is 2.31. The number of carbonyl (C=O) groups excluding carboxylic acids is 1. The van der Waals surface area contributed by atoms with Gasteiger partial charge >= 0.3 is 0 Å². The summed E-state index contributed by atoms with van der Waals surface area (Å²) in [4.78, 5) is 17.4. The van der Waals surface area contributed by atoms with Crippen molar-refractivity contribution < 1.29 is 19.0 Å². The normalized spacial score (nSPS) is 22.4. The maximum atomic E-state index is 12.8. The third kappa shape index (κ3) is 3.68. The van der Waals surface area contributed by atoms with Gasteiger partial charge in [-0.1, -0.05) is 6.07 Å². The van der Waals surface area contributed by atoms with Gasteiger partial charge in [0.2, 0.25) is 11.7 Å². The number of carbonyl (C=O) groups is 1. The maximum absolute atomic E-state index is 12.8. The molecule has 0 atom stereocenters. The molecule has 0 aliphatic carbocycles. The SMILES string of the molecule is COc1ccc(CCC(=O)N2CCN3CCC2CC3)c(OC)c1OC. The molecule has 138 valence electrons. The lowest BCUT2D eigenvalue weighted by Crippen LogP contribution is -2.41. The average Bonchev–Trinajstić information content (AvgIpc) is 2.99. The Labute approximate surface area is 149 Å². The molecular weight excluding hydrogens is 320 g/mol. The van der Waals surface area contributed by atoms with Crippen molar-refractivity contribution in [3.8, 4) is 17.2 Å². The van der Waals surface area contributed by atoms with E-state index in [1.54, 1.807) is 21.3 Å². The first-order valence-electron chi connectivity index (χ1n) is 8.97. The molecule has 0 unspecified atom stereocenters. The molecule has 2 bridgehead atoms. The summed E-state index contributed by atoms with van der Waals surface area (Å²) in [5.41, 5.74) is 0.969. The molecule has 4 rings (SSSR count). The molecular formula is C19H28N2O4. The van der Waals surface area contributed by atoms with Crippen LogP contribution in [0.25, 0.3) is 0 Å². The Morgan fingerprint density at radius 3 is 2.36 bits per heavy atom. The second kappa shape index (κ2) is 7.95. The molecule has 6 nitrogen and oxygen atoms in total. The lowest BCUT2D eigenvalue weighted by Gasteiger charge is -2.31. The van der Waals surface area contributed by atoms with Crippen molar-refractivity contribution in [2.24, 2.45) is 0 Å². The summed E-state index contributed by atoms with van der Waals surface area (Å²) in [6.45, 7) is 4.10. The van der Waals surface area contributed by atoms with E-state index in [4.69, 9.17) is 14.2 Å². The fraction of sp³-hybridized carbons (Fsp3) is 0.632. The third-order valence-electron chi connectivity index (χ3n) is 5.37. The number of aryl methyl sites for hydroxylation is 1. The quantitative estimate of drug-likeness (QED) is 0.786. The van der Waals surface area contributed by atoms with E-state index < -0.39 is 0 Å². The highest BCUT2D eigenvalue weighted by molar-refractivity contribution is 5.77. The molecule has 3 fully saturated rings. The van der Waals surface area contributed by atoms with Gasteiger partial charge in [-0.2, -0.15) is 0 Å². The zero-order valence-corrected chi connectivity index (χ0v) is 15.4. The number of amides is 1. The first-order chi connectivity index (χ1) is 12.2. The van der Waals surface area contributed by atoms with Crippen LogP contribution in [0.2, 0.25) is 0 Å². The standard InChI is InChI=1S/C19H28N2O4/c1-23-16-6-4-14(18(24-2)19(16)25-3)5-7-17(22)21-13-12-20-10-8-15(21)9-11-20/h4,6,15H,5,7-13H2,1-3H3. The van der Waals surface area contributed by atoms with E-state index in [2.05, 4.69) is 9.80 Å². The first kappa shape index (κ1) is 17.9. The maximum Gasteiger partial charge on any atom is 0.223 e. The predicted molar refractivity (Wildman–Crippen MR) is 95.6 cm³/mol. The molecule has 3 aliphatic rings. The van der Waals surface area contributed by atoms with Crippen LogP contribution in [-0.4, -0.2) is 69.3 Å². The summed E-state index contributed by atoms with van der Waals surface area (Å²) in [7, 11) is 4.81. The van der Waals surface area contributed by atoms with E-state index >= 15 is 0 Å². The molecule has 3 aliphatic heterocycles. The Bertz CT molecular complexity index is 612. The van der Waals surface area contributed by atoms with Crippen molar-refractivity contribution in [2.75, 3.05) is 47.5 Å². The molecule has 0 radical (unpaired) electrons. The van der Waals surface area contributed by atoms with E-state index in [1.807, 2.05) is 12.1 Å². The van der Waals surface area contributed by atoms with Gasteiger partial charge in [0.15, 0.2) is 11.5 Å². The summed E-state index contributed by atoms with van der Waals surface area (Å²) >= 11 is 0. The van der Waals surface area contributed by atoms with Crippen molar-refractivity contribution in [3.63, 3.8) is 0 Å². The zero-order chi connectivity index (χ0) is 17.8. The van der Waals surface area contributed by atoms with Crippen LogP contribution in [-0.2, 0) is 11.2 Å². The van der Waals surface area contributed by atoms with Crippen LogP contribution in [0.5, 0.6) is 17.2 Å². The van der Waals surface area contributed by atoms with Crippen LogP contribution >= 0.6 is 0 Å². The summed E-state index contributed by atoms with van der Waals surface area (Å²) in [5.74, 6) is 2.10. The van der Waals surface area contributed by atoms with Gasteiger partial charge in [-0.05, 0) is 30.9 Å². The van der Waals surface area contributed by atoms with Gasteiger partial charge in [0.25, 0.3) is 0 Å². The van der Waals surface area contributed by atoms with Crippen molar-refractivity contribution >= 4 is 5.91 Å². The largest absolute Gasteiger partial charge is 0.493 e. The van der Waals surface area contributed by atoms with Gasteiger partial charge in [-0.25, -0.2) is 0 Å². The number of rotatable bonds is 6. The second-order valence-electron chi connectivity index (χ2n) is 6.65. The Morgan fingerprint density at radius 1 is 1.00 bits per heavy atom. The summed E-state index contributed by atoms with van der Waals surface area (Å²) in [6.07, 6.45) is 3.33. The van der Waals surface area contributed by atoms with Crippen LogP contribution in [0.1, 0.15) is 24.8 Å². The fourth-order valence-corrected chi connectivity index (χ4v) is 3.96.